The zero-order valence-electron chi connectivity index (χ0n) is 12.1. The Morgan fingerprint density at radius 3 is 2.76 bits per heavy atom. The summed E-state index contributed by atoms with van der Waals surface area (Å²) in [6.07, 6.45) is 1.48. The maximum Gasteiger partial charge on any atom is 0.255 e. The fraction of sp³-hybridized carbons (Fsp3) is 0.333. The van der Waals surface area contributed by atoms with Gasteiger partial charge in [-0.15, -0.1) is 0 Å². The van der Waals surface area contributed by atoms with Crippen molar-refractivity contribution in [2.75, 3.05) is 13.1 Å². The molecule has 2 rings (SSSR count). The van der Waals surface area contributed by atoms with Gasteiger partial charge in [0, 0.05) is 18.2 Å². The molecule has 0 aliphatic rings. The summed E-state index contributed by atoms with van der Waals surface area (Å²) in [5, 5.41) is 12.8. The molecule has 6 heteroatoms. The van der Waals surface area contributed by atoms with Gasteiger partial charge in [0.15, 0.2) is 0 Å². The highest BCUT2D eigenvalue weighted by Crippen LogP contribution is 2.21. The van der Waals surface area contributed by atoms with Gasteiger partial charge in [-0.1, -0.05) is 6.92 Å². The van der Waals surface area contributed by atoms with Crippen molar-refractivity contribution in [3.8, 4) is 11.3 Å². The van der Waals surface area contributed by atoms with Crippen LogP contribution < -0.4 is 10.6 Å². The van der Waals surface area contributed by atoms with Crippen LogP contribution in [0.1, 0.15) is 24.2 Å². The predicted octanol–water partition coefficient (Wildman–Crippen LogP) is 1.94. The summed E-state index contributed by atoms with van der Waals surface area (Å²) >= 11 is 0. The first-order chi connectivity index (χ1) is 10.1. The number of hydrogen-bond acceptors (Lipinski definition) is 3. The second-order valence-corrected chi connectivity index (χ2v) is 4.83. The number of benzene rings is 1. The number of carbonyl (C=O) groups is 1. The molecule has 0 saturated carbocycles. The van der Waals surface area contributed by atoms with Crippen LogP contribution in [0.3, 0.4) is 0 Å². The third kappa shape index (κ3) is 3.88. The van der Waals surface area contributed by atoms with Crippen molar-refractivity contribution in [3.63, 3.8) is 0 Å². The normalized spacial score (nSPS) is 12.1. The van der Waals surface area contributed by atoms with E-state index in [9.17, 15) is 9.18 Å². The molecule has 21 heavy (non-hydrogen) atoms. The fourth-order valence-corrected chi connectivity index (χ4v) is 2.06. The average molecular weight is 290 g/mol. The lowest BCUT2D eigenvalue weighted by Gasteiger charge is -2.13. The smallest absolute Gasteiger partial charge is 0.255 e. The second-order valence-electron chi connectivity index (χ2n) is 4.83. The van der Waals surface area contributed by atoms with E-state index in [4.69, 9.17) is 0 Å². The van der Waals surface area contributed by atoms with Crippen molar-refractivity contribution in [2.45, 2.75) is 19.9 Å². The molecule has 0 aliphatic carbocycles. The number of aromatic amines is 1. The minimum absolute atomic E-state index is 0.195. The van der Waals surface area contributed by atoms with Gasteiger partial charge in [-0.2, -0.15) is 5.10 Å². The van der Waals surface area contributed by atoms with Crippen molar-refractivity contribution >= 4 is 5.91 Å². The van der Waals surface area contributed by atoms with Crippen molar-refractivity contribution in [1.29, 1.82) is 0 Å². The predicted molar refractivity (Wildman–Crippen MR) is 79.5 cm³/mol. The summed E-state index contributed by atoms with van der Waals surface area (Å²) in [5.41, 5.74) is 1.76. The lowest BCUT2D eigenvalue weighted by atomic mass is 10.1. The Bertz CT molecular complexity index is 594. The first kappa shape index (κ1) is 15.2. The zero-order chi connectivity index (χ0) is 15.2. The van der Waals surface area contributed by atoms with Crippen LogP contribution in [-0.4, -0.2) is 35.2 Å². The Hall–Kier alpha value is -2.21. The van der Waals surface area contributed by atoms with Gasteiger partial charge < -0.3 is 10.6 Å². The molecule has 1 atom stereocenters. The molecular formula is C15H19FN4O. The van der Waals surface area contributed by atoms with Gasteiger partial charge in [0.05, 0.1) is 17.5 Å². The largest absolute Gasteiger partial charge is 0.350 e. The summed E-state index contributed by atoms with van der Waals surface area (Å²) in [5.74, 6) is -0.517. The number of halogens is 1. The standard InChI is InChI=1S/C15H19FN4O/c1-3-17-10(2)8-18-15(21)13-9-19-20-14(13)11-4-6-12(16)7-5-11/h4-7,9-10,17H,3,8H2,1-2H3,(H,18,21)(H,19,20)/t10-/m1/s1. The molecule has 0 fully saturated rings. The molecule has 112 valence electrons. The van der Waals surface area contributed by atoms with Crippen LogP contribution in [0, 0.1) is 5.82 Å². The van der Waals surface area contributed by atoms with Crippen molar-refractivity contribution in [2.24, 2.45) is 0 Å². The molecule has 1 aromatic heterocycles. The minimum Gasteiger partial charge on any atom is -0.350 e. The third-order valence-corrected chi connectivity index (χ3v) is 3.14. The van der Waals surface area contributed by atoms with Gasteiger partial charge >= 0.3 is 0 Å². The number of rotatable bonds is 6. The van der Waals surface area contributed by atoms with Crippen LogP contribution >= 0.6 is 0 Å². The molecule has 5 nitrogen and oxygen atoms in total. The second kappa shape index (κ2) is 6.99. The lowest BCUT2D eigenvalue weighted by Crippen LogP contribution is -2.38. The highest BCUT2D eigenvalue weighted by Gasteiger charge is 2.15. The van der Waals surface area contributed by atoms with E-state index < -0.39 is 0 Å². The molecule has 3 N–H and O–H groups in total. The van der Waals surface area contributed by atoms with Crippen molar-refractivity contribution in [3.05, 3.63) is 41.8 Å². The molecule has 0 saturated heterocycles. The molecule has 2 aromatic rings. The van der Waals surface area contributed by atoms with Gasteiger partial charge in [0.25, 0.3) is 5.91 Å². The average Bonchev–Trinajstić information content (AvgIpc) is 2.95. The van der Waals surface area contributed by atoms with E-state index in [1.54, 1.807) is 12.1 Å². The minimum atomic E-state index is -0.316. The van der Waals surface area contributed by atoms with Gasteiger partial charge in [-0.25, -0.2) is 4.39 Å². The SMILES string of the molecule is CCN[C@H](C)CNC(=O)c1cn[nH]c1-c1ccc(F)cc1. The Balaban J connectivity index is 2.09. The zero-order valence-corrected chi connectivity index (χ0v) is 12.1. The van der Waals surface area contributed by atoms with Crippen LogP contribution in [0.15, 0.2) is 30.5 Å². The molecule has 0 unspecified atom stereocenters. The quantitative estimate of drug-likeness (QED) is 0.761. The van der Waals surface area contributed by atoms with Gasteiger partial charge in [-0.05, 0) is 37.7 Å². The highest BCUT2D eigenvalue weighted by atomic mass is 19.1. The van der Waals surface area contributed by atoms with Crippen LogP contribution in [0.25, 0.3) is 11.3 Å². The molecule has 0 bridgehead atoms. The van der Waals surface area contributed by atoms with Crippen molar-refractivity contribution in [1.82, 2.24) is 20.8 Å². The number of H-pyrrole nitrogens is 1. The lowest BCUT2D eigenvalue weighted by molar-refractivity contribution is 0.0951. The number of amides is 1. The first-order valence-electron chi connectivity index (χ1n) is 6.92. The summed E-state index contributed by atoms with van der Waals surface area (Å²) in [7, 11) is 0. The Kier molecular flexibility index (Phi) is 5.05. The monoisotopic (exact) mass is 290 g/mol. The molecule has 0 spiro atoms. The van der Waals surface area contributed by atoms with Crippen LogP contribution in [-0.2, 0) is 0 Å². The van der Waals surface area contributed by atoms with Gasteiger partial charge in [-0.3, -0.25) is 9.89 Å². The van der Waals surface area contributed by atoms with E-state index >= 15 is 0 Å². The van der Waals surface area contributed by atoms with E-state index in [2.05, 4.69) is 20.8 Å². The maximum atomic E-state index is 13.0. The fourth-order valence-electron chi connectivity index (χ4n) is 2.06. The number of nitrogens with one attached hydrogen (secondary N) is 3. The topological polar surface area (TPSA) is 69.8 Å². The molecule has 0 aliphatic heterocycles. The molecule has 1 aromatic carbocycles. The van der Waals surface area contributed by atoms with E-state index in [1.807, 2.05) is 13.8 Å². The first-order valence-corrected chi connectivity index (χ1v) is 6.92. The Morgan fingerprint density at radius 2 is 2.10 bits per heavy atom. The maximum absolute atomic E-state index is 13.0. The number of aromatic nitrogens is 2. The number of likely N-dealkylation sites (N-methyl/N-ethyl adjacent to an activating group) is 1. The van der Waals surface area contributed by atoms with Gasteiger partial charge in [0.1, 0.15) is 5.82 Å². The summed E-state index contributed by atoms with van der Waals surface area (Å²) in [6, 6.07) is 6.12. The van der Waals surface area contributed by atoms with E-state index in [0.29, 0.717) is 17.8 Å². The summed E-state index contributed by atoms with van der Waals surface area (Å²) < 4.78 is 13.0. The van der Waals surface area contributed by atoms with Crippen molar-refractivity contribution < 1.29 is 9.18 Å². The third-order valence-electron chi connectivity index (χ3n) is 3.14. The Labute approximate surface area is 123 Å². The highest BCUT2D eigenvalue weighted by molar-refractivity contribution is 5.99. The number of hydrogen-bond donors (Lipinski definition) is 3. The molecule has 1 amide bonds. The molecule has 1 heterocycles. The Morgan fingerprint density at radius 1 is 1.38 bits per heavy atom. The van der Waals surface area contributed by atoms with E-state index in [1.165, 1.54) is 18.3 Å². The molecule has 0 radical (unpaired) electrons. The summed E-state index contributed by atoms with van der Waals surface area (Å²) in [6.45, 7) is 5.39. The van der Waals surface area contributed by atoms with Crippen LogP contribution in [0.4, 0.5) is 4.39 Å². The summed E-state index contributed by atoms with van der Waals surface area (Å²) in [4.78, 5) is 12.2. The van der Waals surface area contributed by atoms with Gasteiger partial charge in [0.2, 0.25) is 0 Å². The number of nitrogens with zero attached hydrogens (tertiary/aromatic N) is 1. The van der Waals surface area contributed by atoms with E-state index in [0.717, 1.165) is 12.1 Å². The molecular weight excluding hydrogens is 271 g/mol. The van der Waals surface area contributed by atoms with E-state index in [-0.39, 0.29) is 17.8 Å². The van der Waals surface area contributed by atoms with Crippen LogP contribution in [0.5, 0.6) is 0 Å². The van der Waals surface area contributed by atoms with Crippen LogP contribution in [0.2, 0.25) is 0 Å². The number of carbonyl (C=O) groups excluding carboxylic acids is 1.